The topological polar surface area (TPSA) is 116 Å². The van der Waals surface area contributed by atoms with E-state index in [1.165, 1.54) is 12.5 Å². The Kier molecular flexibility index (Phi) is 6.89. The third-order valence-corrected chi connectivity index (χ3v) is 2.85. The molecule has 1 unspecified atom stereocenters. The standard InChI is InChI=1S/C12H19ClN4O3/c1-19-6-2-8(11(15)18)9(14)10(16-4-3-13)12-17-5-7-20-12/h5,7-8,16H,2-4,6,14H2,1H3,(H2,15,18)/b10-9-. The van der Waals surface area contributed by atoms with Crippen LogP contribution in [-0.2, 0) is 9.53 Å². The summed E-state index contributed by atoms with van der Waals surface area (Å²) in [6.45, 7) is 0.818. The number of nitrogens with two attached hydrogens (primary N) is 2. The van der Waals surface area contributed by atoms with E-state index in [4.69, 9.17) is 32.2 Å². The molecule has 5 N–H and O–H groups in total. The largest absolute Gasteiger partial charge is 0.443 e. The lowest BCUT2D eigenvalue weighted by molar-refractivity contribution is -0.121. The molecule has 8 heteroatoms. The molecular weight excluding hydrogens is 284 g/mol. The Bertz CT molecular complexity index is 448. The van der Waals surface area contributed by atoms with Gasteiger partial charge >= 0.3 is 0 Å². The summed E-state index contributed by atoms with van der Waals surface area (Å²) in [5, 5.41) is 3.00. The van der Waals surface area contributed by atoms with Gasteiger partial charge in [-0.1, -0.05) is 0 Å². The number of carbonyl (C=O) groups is 1. The molecule has 1 aromatic heterocycles. The first-order chi connectivity index (χ1) is 9.61. The number of nitrogens with one attached hydrogen (secondary N) is 1. The Balaban J connectivity index is 3.06. The van der Waals surface area contributed by atoms with Crippen LogP contribution in [0.2, 0.25) is 0 Å². The summed E-state index contributed by atoms with van der Waals surface area (Å²) < 4.78 is 10.2. The van der Waals surface area contributed by atoms with Gasteiger partial charge in [0.2, 0.25) is 11.8 Å². The van der Waals surface area contributed by atoms with Crippen molar-refractivity contribution in [3.05, 3.63) is 24.0 Å². The predicted molar refractivity (Wildman–Crippen MR) is 75.5 cm³/mol. The highest BCUT2D eigenvalue weighted by atomic mass is 35.5. The number of carbonyl (C=O) groups excluding carboxylic acids is 1. The lowest BCUT2D eigenvalue weighted by Gasteiger charge is -2.17. The molecule has 20 heavy (non-hydrogen) atoms. The minimum absolute atomic E-state index is 0.266. The molecule has 7 nitrogen and oxygen atoms in total. The van der Waals surface area contributed by atoms with Gasteiger partial charge in [-0.3, -0.25) is 4.79 Å². The number of amides is 1. The third-order valence-electron chi connectivity index (χ3n) is 2.66. The van der Waals surface area contributed by atoms with Gasteiger partial charge in [0.05, 0.1) is 12.1 Å². The molecule has 1 amide bonds. The fourth-order valence-corrected chi connectivity index (χ4v) is 1.78. The first kappa shape index (κ1) is 16.3. The zero-order valence-electron chi connectivity index (χ0n) is 11.3. The molecule has 0 aliphatic carbocycles. The van der Waals surface area contributed by atoms with Gasteiger partial charge < -0.3 is 25.9 Å². The second kappa shape index (κ2) is 8.44. The lowest BCUT2D eigenvalue weighted by Crippen LogP contribution is -2.32. The van der Waals surface area contributed by atoms with E-state index in [-0.39, 0.29) is 11.6 Å². The number of ether oxygens (including phenoxy) is 1. The maximum Gasteiger partial charge on any atom is 0.244 e. The van der Waals surface area contributed by atoms with Gasteiger partial charge in [-0.2, -0.15) is 0 Å². The number of hydrogen-bond donors (Lipinski definition) is 3. The average molecular weight is 303 g/mol. The first-order valence-electron chi connectivity index (χ1n) is 6.09. The normalized spacial score (nSPS) is 13.7. The minimum atomic E-state index is -0.667. The number of nitrogens with zero attached hydrogens (tertiary/aromatic N) is 1. The summed E-state index contributed by atoms with van der Waals surface area (Å²) in [6, 6.07) is 0. The number of primary amides is 1. The van der Waals surface area contributed by atoms with Crippen LogP contribution in [0, 0.1) is 5.92 Å². The molecule has 0 saturated heterocycles. The summed E-state index contributed by atoms with van der Waals surface area (Å²) in [5.41, 5.74) is 12.1. The molecule has 0 saturated carbocycles. The molecule has 0 bridgehead atoms. The molecule has 0 fully saturated rings. The van der Waals surface area contributed by atoms with Crippen molar-refractivity contribution in [1.82, 2.24) is 10.3 Å². The maximum absolute atomic E-state index is 11.5. The van der Waals surface area contributed by atoms with Crippen LogP contribution in [0.4, 0.5) is 0 Å². The molecule has 0 aliphatic heterocycles. The van der Waals surface area contributed by atoms with Crippen molar-refractivity contribution in [1.29, 1.82) is 0 Å². The van der Waals surface area contributed by atoms with E-state index in [2.05, 4.69) is 10.3 Å². The van der Waals surface area contributed by atoms with Crippen LogP contribution in [0.3, 0.4) is 0 Å². The monoisotopic (exact) mass is 302 g/mol. The zero-order valence-corrected chi connectivity index (χ0v) is 12.0. The van der Waals surface area contributed by atoms with Crippen LogP contribution >= 0.6 is 11.6 Å². The zero-order chi connectivity index (χ0) is 15.0. The van der Waals surface area contributed by atoms with Gasteiger partial charge in [-0.25, -0.2) is 4.98 Å². The highest BCUT2D eigenvalue weighted by Crippen LogP contribution is 2.19. The molecule has 112 valence electrons. The molecule has 0 radical (unpaired) electrons. The second-order valence-electron chi connectivity index (χ2n) is 4.02. The Morgan fingerprint density at radius 2 is 2.35 bits per heavy atom. The molecule has 0 aromatic carbocycles. The summed E-state index contributed by atoms with van der Waals surface area (Å²) in [5.74, 6) is -0.538. The highest BCUT2D eigenvalue weighted by molar-refractivity contribution is 6.18. The Hall–Kier alpha value is -1.73. The van der Waals surface area contributed by atoms with Crippen molar-refractivity contribution >= 4 is 23.2 Å². The fourth-order valence-electron chi connectivity index (χ4n) is 1.68. The second-order valence-corrected chi connectivity index (χ2v) is 4.40. The van der Waals surface area contributed by atoms with Crippen molar-refractivity contribution in [3.8, 4) is 0 Å². The van der Waals surface area contributed by atoms with E-state index in [0.29, 0.717) is 31.1 Å². The average Bonchev–Trinajstić information content (AvgIpc) is 2.93. The van der Waals surface area contributed by atoms with Gasteiger partial charge in [0.1, 0.15) is 12.0 Å². The van der Waals surface area contributed by atoms with Crippen LogP contribution < -0.4 is 16.8 Å². The number of alkyl halides is 1. The van der Waals surface area contributed by atoms with E-state index in [1.807, 2.05) is 0 Å². The van der Waals surface area contributed by atoms with Gasteiger partial charge in [-0.15, -0.1) is 11.6 Å². The van der Waals surface area contributed by atoms with Crippen molar-refractivity contribution in [2.24, 2.45) is 17.4 Å². The maximum atomic E-state index is 11.5. The van der Waals surface area contributed by atoms with Crippen LogP contribution in [-0.4, -0.2) is 37.0 Å². The Morgan fingerprint density at radius 3 is 2.85 bits per heavy atom. The molecule has 1 atom stereocenters. The highest BCUT2D eigenvalue weighted by Gasteiger charge is 2.23. The third kappa shape index (κ3) is 4.43. The van der Waals surface area contributed by atoms with Gasteiger partial charge in [-0.05, 0) is 6.42 Å². The minimum Gasteiger partial charge on any atom is -0.443 e. The SMILES string of the molecule is COCCC(C(N)=O)/C(N)=C(/NCCCl)c1ncco1. The van der Waals surface area contributed by atoms with E-state index in [9.17, 15) is 4.79 Å². The number of rotatable bonds is 9. The van der Waals surface area contributed by atoms with Crippen LogP contribution in [0.5, 0.6) is 0 Å². The summed E-state index contributed by atoms with van der Waals surface area (Å²) in [6.07, 6.45) is 3.28. The molecule has 1 rings (SSSR count). The van der Waals surface area contributed by atoms with E-state index in [1.54, 1.807) is 7.11 Å². The van der Waals surface area contributed by atoms with Crippen molar-refractivity contribution in [3.63, 3.8) is 0 Å². The number of halogens is 1. The summed E-state index contributed by atoms with van der Waals surface area (Å²) in [4.78, 5) is 15.6. The molecule has 1 heterocycles. The van der Waals surface area contributed by atoms with Crippen LogP contribution in [0.25, 0.3) is 5.70 Å². The predicted octanol–water partition coefficient (Wildman–Crippen LogP) is 0.268. The number of hydrogen-bond acceptors (Lipinski definition) is 6. The molecule has 0 spiro atoms. The van der Waals surface area contributed by atoms with Crippen molar-refractivity contribution in [2.75, 3.05) is 26.1 Å². The van der Waals surface area contributed by atoms with Crippen LogP contribution in [0.1, 0.15) is 12.3 Å². The fraction of sp³-hybridized carbons (Fsp3) is 0.500. The number of aromatic nitrogens is 1. The van der Waals surface area contributed by atoms with Gasteiger partial charge in [0, 0.05) is 31.8 Å². The van der Waals surface area contributed by atoms with E-state index < -0.39 is 11.8 Å². The quantitative estimate of drug-likeness (QED) is 0.564. The van der Waals surface area contributed by atoms with Crippen molar-refractivity contribution in [2.45, 2.75) is 6.42 Å². The number of methoxy groups -OCH3 is 1. The lowest BCUT2D eigenvalue weighted by atomic mass is 9.99. The van der Waals surface area contributed by atoms with Gasteiger partial charge in [0.25, 0.3) is 0 Å². The summed E-state index contributed by atoms with van der Waals surface area (Å²) in [7, 11) is 1.54. The Morgan fingerprint density at radius 1 is 1.60 bits per heavy atom. The van der Waals surface area contributed by atoms with Gasteiger partial charge in [0.15, 0.2) is 0 Å². The van der Waals surface area contributed by atoms with Crippen molar-refractivity contribution < 1.29 is 13.9 Å². The van der Waals surface area contributed by atoms with E-state index >= 15 is 0 Å². The van der Waals surface area contributed by atoms with E-state index in [0.717, 1.165) is 0 Å². The molecule has 1 aromatic rings. The Labute approximate surface area is 122 Å². The number of oxazole rings is 1. The van der Waals surface area contributed by atoms with Crippen LogP contribution in [0.15, 0.2) is 22.6 Å². The summed E-state index contributed by atoms with van der Waals surface area (Å²) >= 11 is 5.65. The first-order valence-corrected chi connectivity index (χ1v) is 6.62. The smallest absolute Gasteiger partial charge is 0.244 e. The molecular formula is C12H19ClN4O3. The molecule has 0 aliphatic rings.